The molecule has 0 unspecified atom stereocenters. The Kier molecular flexibility index (Phi) is 4.15. The normalized spacial score (nSPS) is 17.1. The topological polar surface area (TPSA) is 33.2 Å². The molecular formula is C13H20N2OS. The van der Waals surface area contributed by atoms with Crippen molar-refractivity contribution in [2.24, 2.45) is 0 Å². The molecule has 17 heavy (non-hydrogen) atoms. The van der Waals surface area contributed by atoms with Crippen LogP contribution in [-0.2, 0) is 11.2 Å². The molecule has 1 heterocycles. The van der Waals surface area contributed by atoms with E-state index in [-0.39, 0.29) is 5.91 Å². The van der Waals surface area contributed by atoms with E-state index in [2.05, 4.69) is 4.98 Å². The fourth-order valence-electron chi connectivity index (χ4n) is 2.41. The van der Waals surface area contributed by atoms with Crippen molar-refractivity contribution in [3.05, 3.63) is 16.1 Å². The van der Waals surface area contributed by atoms with Crippen molar-refractivity contribution in [2.75, 3.05) is 7.05 Å². The number of nitrogens with zero attached hydrogens (tertiary/aromatic N) is 2. The number of thiazole rings is 1. The molecule has 0 saturated heterocycles. The van der Waals surface area contributed by atoms with E-state index in [0.29, 0.717) is 12.5 Å². The van der Waals surface area contributed by atoms with Gasteiger partial charge in [0.25, 0.3) is 0 Å². The molecule has 0 N–H and O–H groups in total. The Hall–Kier alpha value is -0.900. The first-order chi connectivity index (χ1) is 8.16. The second-order valence-corrected chi connectivity index (χ2v) is 5.80. The maximum absolute atomic E-state index is 12.1. The van der Waals surface area contributed by atoms with Crippen LogP contribution in [0.3, 0.4) is 0 Å². The monoisotopic (exact) mass is 252 g/mol. The van der Waals surface area contributed by atoms with Gasteiger partial charge in [0.05, 0.1) is 6.42 Å². The molecule has 0 spiro atoms. The standard InChI is InChI=1S/C13H20N2OS/c1-10-9-17-12(14-10)8-13(16)15(2)11-6-4-3-5-7-11/h9,11H,3-8H2,1-2H3. The smallest absolute Gasteiger partial charge is 0.229 e. The van der Waals surface area contributed by atoms with E-state index in [0.717, 1.165) is 10.7 Å². The number of hydrogen-bond acceptors (Lipinski definition) is 3. The van der Waals surface area contributed by atoms with E-state index < -0.39 is 0 Å². The lowest BCUT2D eigenvalue weighted by molar-refractivity contribution is -0.131. The molecule has 1 aliphatic rings. The van der Waals surface area contributed by atoms with Crippen molar-refractivity contribution < 1.29 is 4.79 Å². The summed E-state index contributed by atoms with van der Waals surface area (Å²) >= 11 is 1.58. The lowest BCUT2D eigenvalue weighted by atomic mass is 9.94. The van der Waals surface area contributed by atoms with Gasteiger partial charge in [0.1, 0.15) is 5.01 Å². The van der Waals surface area contributed by atoms with E-state index in [1.165, 1.54) is 32.1 Å². The van der Waals surface area contributed by atoms with Crippen molar-refractivity contribution in [2.45, 2.75) is 51.5 Å². The van der Waals surface area contributed by atoms with Gasteiger partial charge in [-0.1, -0.05) is 19.3 Å². The lowest BCUT2D eigenvalue weighted by Gasteiger charge is -2.31. The van der Waals surface area contributed by atoms with Crippen LogP contribution in [0.4, 0.5) is 0 Å². The zero-order chi connectivity index (χ0) is 12.3. The van der Waals surface area contributed by atoms with Crippen LogP contribution in [0.15, 0.2) is 5.38 Å². The van der Waals surface area contributed by atoms with Gasteiger partial charge in [0.15, 0.2) is 0 Å². The molecular weight excluding hydrogens is 232 g/mol. The average Bonchev–Trinajstić information content (AvgIpc) is 2.75. The lowest BCUT2D eigenvalue weighted by Crippen LogP contribution is -2.39. The number of amides is 1. The third-order valence-corrected chi connectivity index (χ3v) is 4.45. The Labute approximate surface area is 107 Å². The summed E-state index contributed by atoms with van der Waals surface area (Å²) in [7, 11) is 1.94. The molecule has 1 aliphatic carbocycles. The van der Waals surface area contributed by atoms with Crippen molar-refractivity contribution in [1.82, 2.24) is 9.88 Å². The van der Waals surface area contributed by atoms with Crippen LogP contribution >= 0.6 is 11.3 Å². The van der Waals surface area contributed by atoms with E-state index in [4.69, 9.17) is 0 Å². The number of aryl methyl sites for hydroxylation is 1. The number of aromatic nitrogens is 1. The van der Waals surface area contributed by atoms with Gasteiger partial charge in [0, 0.05) is 24.2 Å². The Morgan fingerprint density at radius 2 is 2.18 bits per heavy atom. The summed E-state index contributed by atoms with van der Waals surface area (Å²) < 4.78 is 0. The van der Waals surface area contributed by atoms with Crippen molar-refractivity contribution >= 4 is 17.2 Å². The summed E-state index contributed by atoms with van der Waals surface area (Å²) in [5.74, 6) is 0.214. The van der Waals surface area contributed by atoms with Gasteiger partial charge >= 0.3 is 0 Å². The quantitative estimate of drug-likeness (QED) is 0.828. The molecule has 0 aromatic carbocycles. The van der Waals surface area contributed by atoms with Crippen LogP contribution in [0.2, 0.25) is 0 Å². The van der Waals surface area contributed by atoms with Crippen molar-refractivity contribution in [1.29, 1.82) is 0 Å². The van der Waals surface area contributed by atoms with E-state index in [1.807, 2.05) is 24.3 Å². The van der Waals surface area contributed by atoms with E-state index >= 15 is 0 Å². The van der Waals surface area contributed by atoms with Gasteiger partial charge in [-0.05, 0) is 19.8 Å². The van der Waals surface area contributed by atoms with Gasteiger partial charge in [-0.3, -0.25) is 4.79 Å². The summed E-state index contributed by atoms with van der Waals surface area (Å²) in [6.07, 6.45) is 6.64. The fourth-order valence-corrected chi connectivity index (χ4v) is 3.17. The molecule has 1 aromatic heterocycles. The zero-order valence-electron chi connectivity index (χ0n) is 10.6. The molecule has 0 radical (unpaired) electrons. The molecule has 94 valence electrons. The second-order valence-electron chi connectivity index (χ2n) is 4.86. The Morgan fingerprint density at radius 1 is 1.47 bits per heavy atom. The predicted molar refractivity (Wildman–Crippen MR) is 70.2 cm³/mol. The van der Waals surface area contributed by atoms with Gasteiger partial charge in [-0.15, -0.1) is 11.3 Å². The molecule has 3 nitrogen and oxygen atoms in total. The third-order valence-electron chi connectivity index (χ3n) is 3.48. The van der Waals surface area contributed by atoms with Crippen LogP contribution in [0, 0.1) is 6.92 Å². The average molecular weight is 252 g/mol. The SMILES string of the molecule is Cc1csc(CC(=O)N(C)C2CCCCC2)n1. The molecule has 4 heteroatoms. The summed E-state index contributed by atoms with van der Waals surface area (Å²) in [4.78, 5) is 18.4. The highest BCUT2D eigenvalue weighted by molar-refractivity contribution is 7.09. The van der Waals surface area contributed by atoms with Crippen LogP contribution < -0.4 is 0 Å². The molecule has 1 aromatic rings. The summed E-state index contributed by atoms with van der Waals surface area (Å²) in [6.45, 7) is 1.97. The number of carbonyl (C=O) groups excluding carboxylic acids is 1. The molecule has 0 aliphatic heterocycles. The first kappa shape index (κ1) is 12.6. The number of carbonyl (C=O) groups is 1. The maximum atomic E-state index is 12.1. The summed E-state index contributed by atoms with van der Waals surface area (Å²) in [6, 6.07) is 0.456. The van der Waals surface area contributed by atoms with Crippen LogP contribution in [-0.4, -0.2) is 28.9 Å². The minimum Gasteiger partial charge on any atom is -0.342 e. The largest absolute Gasteiger partial charge is 0.342 e. The Bertz CT molecular complexity index is 383. The summed E-state index contributed by atoms with van der Waals surface area (Å²) in [5.41, 5.74) is 1.01. The Balaban J connectivity index is 1.90. The van der Waals surface area contributed by atoms with E-state index in [1.54, 1.807) is 11.3 Å². The highest BCUT2D eigenvalue weighted by Gasteiger charge is 2.22. The molecule has 0 atom stereocenters. The second kappa shape index (κ2) is 5.63. The first-order valence-corrected chi connectivity index (χ1v) is 7.21. The van der Waals surface area contributed by atoms with Gasteiger partial charge in [-0.2, -0.15) is 0 Å². The maximum Gasteiger partial charge on any atom is 0.229 e. The highest BCUT2D eigenvalue weighted by Crippen LogP contribution is 2.22. The first-order valence-electron chi connectivity index (χ1n) is 6.33. The van der Waals surface area contributed by atoms with Gasteiger partial charge in [-0.25, -0.2) is 4.98 Å². The number of hydrogen-bond donors (Lipinski definition) is 0. The van der Waals surface area contributed by atoms with Crippen molar-refractivity contribution in [3.8, 4) is 0 Å². The molecule has 0 bridgehead atoms. The Morgan fingerprint density at radius 3 is 2.76 bits per heavy atom. The number of rotatable bonds is 3. The molecule has 1 saturated carbocycles. The molecule has 1 amide bonds. The van der Waals surface area contributed by atoms with Crippen LogP contribution in [0.25, 0.3) is 0 Å². The van der Waals surface area contributed by atoms with Gasteiger partial charge < -0.3 is 4.90 Å². The van der Waals surface area contributed by atoms with Crippen LogP contribution in [0.5, 0.6) is 0 Å². The minimum atomic E-state index is 0.214. The van der Waals surface area contributed by atoms with Crippen LogP contribution in [0.1, 0.15) is 42.8 Å². The molecule has 1 fully saturated rings. The minimum absolute atomic E-state index is 0.214. The zero-order valence-corrected chi connectivity index (χ0v) is 11.4. The number of likely N-dealkylation sites (N-methyl/N-ethyl adjacent to an activating group) is 1. The highest BCUT2D eigenvalue weighted by atomic mass is 32.1. The van der Waals surface area contributed by atoms with Crippen molar-refractivity contribution in [3.63, 3.8) is 0 Å². The molecule has 2 rings (SSSR count). The predicted octanol–water partition coefficient (Wildman–Crippen LogP) is 2.79. The van der Waals surface area contributed by atoms with Gasteiger partial charge in [0.2, 0.25) is 5.91 Å². The summed E-state index contributed by atoms with van der Waals surface area (Å²) in [5, 5.41) is 2.94. The van der Waals surface area contributed by atoms with E-state index in [9.17, 15) is 4.79 Å². The third kappa shape index (κ3) is 3.28. The fraction of sp³-hybridized carbons (Fsp3) is 0.692.